The Morgan fingerprint density at radius 3 is 2.23 bits per heavy atom. The smallest absolute Gasteiger partial charge is 0.407 e. The molecule has 8 rings (SSSR count). The molecule has 0 saturated heterocycles. The monoisotopic (exact) mass is 765 g/mol. The number of esters is 1. The predicted molar refractivity (Wildman–Crippen MR) is 212 cm³/mol. The number of alkyl carbamates (subject to hydrolysis) is 1. The molecule has 298 valence electrons. The number of amides is 1. The number of nitrogens with zero attached hydrogens (tertiary/aromatic N) is 4. The number of hydrogen-bond acceptors (Lipinski definition) is 9. The molecule has 0 radical (unpaired) electrons. The Morgan fingerprint density at radius 1 is 0.875 bits per heavy atom. The molecule has 4 aromatic rings. The second-order valence-electron chi connectivity index (χ2n) is 19.4. The predicted octanol–water partition coefficient (Wildman–Crippen LogP) is 8.78. The number of carboxylic acids is 1. The van der Waals surface area contributed by atoms with E-state index in [0.29, 0.717) is 40.9 Å². The molecule has 56 heavy (non-hydrogen) atoms. The number of aromatic carboxylic acids is 1. The van der Waals surface area contributed by atoms with Gasteiger partial charge in [0.25, 0.3) is 0 Å². The highest BCUT2D eigenvalue weighted by atomic mass is 16.6. The molecule has 12 nitrogen and oxygen atoms in total. The zero-order valence-corrected chi connectivity index (χ0v) is 34.2. The van der Waals surface area contributed by atoms with E-state index in [4.69, 9.17) is 24.3 Å². The van der Waals surface area contributed by atoms with Gasteiger partial charge in [0.05, 0.1) is 35.2 Å². The van der Waals surface area contributed by atoms with Gasteiger partial charge in [0.1, 0.15) is 11.2 Å². The number of carbonyl (C=O) groups is 3. The van der Waals surface area contributed by atoms with Crippen LogP contribution in [0.1, 0.15) is 120 Å². The number of fused-ring (bicyclic) bond motifs is 1. The summed E-state index contributed by atoms with van der Waals surface area (Å²) in [4.78, 5) is 47.4. The third-order valence-corrected chi connectivity index (χ3v) is 11.5. The first-order valence-corrected chi connectivity index (χ1v) is 19.6. The van der Waals surface area contributed by atoms with E-state index in [0.717, 1.165) is 56.3 Å². The number of carboxylic acid groups (broad SMARTS) is 1. The minimum Gasteiger partial charge on any atom is -0.478 e. The van der Waals surface area contributed by atoms with Crippen LogP contribution in [0.5, 0.6) is 0 Å². The first-order chi connectivity index (χ1) is 26.1. The molecule has 2 N–H and O–H groups in total. The van der Waals surface area contributed by atoms with E-state index in [1.807, 2.05) is 72.9 Å². The number of nitrogens with one attached hydrogen (secondary N) is 1. The molecule has 0 spiro atoms. The van der Waals surface area contributed by atoms with Gasteiger partial charge in [-0.25, -0.2) is 19.4 Å². The molecule has 2 atom stereocenters. The standard InChI is InChI=1S/C44H55N5O7/c1-27-32(29-11-13-33(48-35(29)37(52)55-39(2,3)4)28-10-12-34-31(18-28)30(36(50)51)14-15-45-34)19-47-49(27)26-43-21-41(8)20-42(9,22-43)24-44(23-41,25-43)54-17-16-46-38(53)56-40(5,6)7/h10-15,18-19H,16-17,20-26H2,1-9H3,(H,46,53)(H,50,51). The Hall–Kier alpha value is -4.84. The van der Waals surface area contributed by atoms with Crippen LogP contribution in [0.15, 0.2) is 48.8 Å². The van der Waals surface area contributed by atoms with Crippen LogP contribution in [0.2, 0.25) is 0 Å². The number of ether oxygens (including phenoxy) is 3. The van der Waals surface area contributed by atoms with Crippen LogP contribution in [0.25, 0.3) is 33.3 Å². The van der Waals surface area contributed by atoms with Crippen molar-refractivity contribution in [1.82, 2.24) is 25.1 Å². The summed E-state index contributed by atoms with van der Waals surface area (Å²) >= 11 is 0. The maximum absolute atomic E-state index is 13.9. The van der Waals surface area contributed by atoms with Gasteiger partial charge in [0, 0.05) is 47.1 Å². The van der Waals surface area contributed by atoms with Crippen LogP contribution < -0.4 is 5.32 Å². The average molecular weight is 766 g/mol. The summed E-state index contributed by atoms with van der Waals surface area (Å²) in [7, 11) is 0. The molecular formula is C44H55N5O7. The van der Waals surface area contributed by atoms with Crippen molar-refractivity contribution in [1.29, 1.82) is 0 Å². The summed E-state index contributed by atoms with van der Waals surface area (Å²) in [5.41, 5.74) is 2.94. The van der Waals surface area contributed by atoms with Crippen molar-refractivity contribution in [3.63, 3.8) is 0 Å². The zero-order valence-electron chi connectivity index (χ0n) is 34.2. The van der Waals surface area contributed by atoms with Crippen LogP contribution in [0.4, 0.5) is 4.79 Å². The lowest BCUT2D eigenvalue weighted by molar-refractivity contribution is -0.247. The van der Waals surface area contributed by atoms with Gasteiger partial charge in [0.15, 0.2) is 5.69 Å². The van der Waals surface area contributed by atoms with E-state index in [1.54, 1.807) is 12.1 Å². The molecule has 2 unspecified atom stereocenters. The van der Waals surface area contributed by atoms with Gasteiger partial charge >= 0.3 is 18.0 Å². The maximum Gasteiger partial charge on any atom is 0.407 e. The molecule has 4 saturated carbocycles. The van der Waals surface area contributed by atoms with E-state index in [-0.39, 0.29) is 33.1 Å². The molecule has 4 bridgehead atoms. The number of pyridine rings is 2. The molecule has 4 aliphatic carbocycles. The number of hydrogen-bond donors (Lipinski definition) is 2. The zero-order chi connectivity index (χ0) is 40.5. The van der Waals surface area contributed by atoms with Crippen LogP contribution in [0, 0.1) is 23.2 Å². The molecule has 1 aromatic carbocycles. The van der Waals surface area contributed by atoms with E-state index in [9.17, 15) is 19.5 Å². The van der Waals surface area contributed by atoms with Gasteiger partial charge in [-0.05, 0) is 134 Å². The third-order valence-electron chi connectivity index (χ3n) is 11.5. The fraction of sp³-hybridized carbons (Fsp3) is 0.545. The third kappa shape index (κ3) is 8.03. The lowest BCUT2D eigenvalue weighted by Gasteiger charge is -2.69. The second-order valence-corrected chi connectivity index (χ2v) is 19.4. The van der Waals surface area contributed by atoms with Gasteiger partial charge in [-0.3, -0.25) is 9.67 Å². The summed E-state index contributed by atoms with van der Waals surface area (Å²) in [6.45, 7) is 19.4. The lowest BCUT2D eigenvalue weighted by atomic mass is 9.39. The van der Waals surface area contributed by atoms with E-state index < -0.39 is 29.2 Å². The minimum atomic E-state index is -1.05. The van der Waals surface area contributed by atoms with Crippen molar-refractivity contribution in [3.05, 3.63) is 65.7 Å². The van der Waals surface area contributed by atoms with Crippen LogP contribution >= 0.6 is 0 Å². The fourth-order valence-electron chi connectivity index (χ4n) is 10.9. The van der Waals surface area contributed by atoms with Crippen LogP contribution in [0.3, 0.4) is 0 Å². The van der Waals surface area contributed by atoms with Gasteiger partial charge in [-0.15, -0.1) is 0 Å². The Bertz CT molecular complexity index is 2190. The van der Waals surface area contributed by atoms with Gasteiger partial charge in [-0.2, -0.15) is 5.10 Å². The van der Waals surface area contributed by atoms with Gasteiger partial charge in [0.2, 0.25) is 0 Å². The normalized spacial score (nSPS) is 25.7. The van der Waals surface area contributed by atoms with E-state index in [1.165, 1.54) is 12.3 Å². The van der Waals surface area contributed by atoms with Gasteiger partial charge in [-0.1, -0.05) is 19.9 Å². The molecule has 3 aromatic heterocycles. The topological polar surface area (TPSA) is 155 Å². The Kier molecular flexibility index (Phi) is 9.62. The van der Waals surface area contributed by atoms with E-state index >= 15 is 0 Å². The maximum atomic E-state index is 13.9. The van der Waals surface area contributed by atoms with Crippen molar-refractivity contribution in [2.75, 3.05) is 13.2 Å². The van der Waals surface area contributed by atoms with Crippen LogP contribution in [-0.4, -0.2) is 72.8 Å². The van der Waals surface area contributed by atoms with Crippen molar-refractivity contribution in [2.24, 2.45) is 16.2 Å². The van der Waals surface area contributed by atoms with Gasteiger partial charge < -0.3 is 24.6 Å². The quantitative estimate of drug-likeness (QED) is 0.118. The molecule has 3 heterocycles. The Labute approximate surface area is 328 Å². The first-order valence-electron chi connectivity index (χ1n) is 19.6. The lowest BCUT2D eigenvalue weighted by Crippen LogP contribution is -2.64. The largest absolute Gasteiger partial charge is 0.478 e. The fourth-order valence-corrected chi connectivity index (χ4v) is 10.9. The highest BCUT2D eigenvalue weighted by molar-refractivity contribution is 6.03. The molecule has 4 aliphatic rings. The SMILES string of the molecule is Cc1c(-c2ccc(-c3ccc4nccc(C(=O)O)c4c3)nc2C(=O)OC(C)(C)C)cnn1CC12CC3(C)CC(C)(C1)CC(OCCNC(=O)OC(C)(C)C)(C3)C2. The average Bonchev–Trinajstić information content (AvgIpc) is 3.41. The Morgan fingerprint density at radius 2 is 1.57 bits per heavy atom. The number of rotatable bonds is 10. The minimum absolute atomic E-state index is 0.0409. The van der Waals surface area contributed by atoms with Crippen molar-refractivity contribution in [3.8, 4) is 22.4 Å². The van der Waals surface area contributed by atoms with Crippen molar-refractivity contribution < 1.29 is 33.7 Å². The summed E-state index contributed by atoms with van der Waals surface area (Å²) < 4.78 is 20.2. The number of benzene rings is 1. The summed E-state index contributed by atoms with van der Waals surface area (Å²) in [5, 5.41) is 18.1. The van der Waals surface area contributed by atoms with Crippen LogP contribution in [-0.2, 0) is 20.8 Å². The molecule has 0 aliphatic heterocycles. The summed E-state index contributed by atoms with van der Waals surface area (Å²) in [6, 6.07) is 10.5. The highest BCUT2D eigenvalue weighted by Crippen LogP contribution is 2.72. The van der Waals surface area contributed by atoms with E-state index in [2.05, 4.69) is 28.8 Å². The first kappa shape index (κ1) is 39.4. The van der Waals surface area contributed by atoms with Crippen molar-refractivity contribution >= 4 is 28.9 Å². The van der Waals surface area contributed by atoms with Crippen molar-refractivity contribution in [2.45, 2.75) is 124 Å². The summed E-state index contributed by atoms with van der Waals surface area (Å²) in [5.74, 6) is -1.61. The number of aromatic nitrogens is 4. The Balaban J connectivity index is 1.18. The molecule has 1 amide bonds. The summed E-state index contributed by atoms with van der Waals surface area (Å²) in [6.07, 6.45) is 9.08. The molecular weight excluding hydrogens is 711 g/mol. The molecule has 12 heteroatoms. The number of carbonyl (C=O) groups excluding carboxylic acids is 2. The highest BCUT2D eigenvalue weighted by Gasteiger charge is 2.66. The molecule has 4 fully saturated rings. The second kappa shape index (κ2) is 13.7.